The van der Waals surface area contributed by atoms with Crippen molar-refractivity contribution in [3.63, 3.8) is 0 Å². The van der Waals surface area contributed by atoms with Crippen LogP contribution in [0.15, 0.2) is 48.8 Å². The molecule has 1 aromatic heterocycles. The molecule has 0 saturated heterocycles. The van der Waals surface area contributed by atoms with Gasteiger partial charge in [-0.25, -0.2) is 0 Å². The SMILES string of the molecule is CC(C)c1cccc(NCCc2ccncc2)c1. The maximum absolute atomic E-state index is 4.02. The molecule has 0 unspecified atom stereocenters. The minimum atomic E-state index is 0.576. The van der Waals surface area contributed by atoms with E-state index in [1.165, 1.54) is 16.8 Å². The van der Waals surface area contributed by atoms with E-state index in [0.717, 1.165) is 13.0 Å². The highest BCUT2D eigenvalue weighted by atomic mass is 14.9. The monoisotopic (exact) mass is 240 g/mol. The van der Waals surface area contributed by atoms with E-state index in [9.17, 15) is 0 Å². The van der Waals surface area contributed by atoms with Gasteiger partial charge in [0.1, 0.15) is 0 Å². The summed E-state index contributed by atoms with van der Waals surface area (Å²) >= 11 is 0. The molecule has 2 aromatic rings. The first-order chi connectivity index (χ1) is 8.75. The summed E-state index contributed by atoms with van der Waals surface area (Å²) in [6.07, 6.45) is 4.71. The molecule has 2 nitrogen and oxygen atoms in total. The first-order valence-corrected chi connectivity index (χ1v) is 6.48. The van der Waals surface area contributed by atoms with Gasteiger partial charge in [-0.3, -0.25) is 4.98 Å². The smallest absolute Gasteiger partial charge is 0.0343 e. The minimum absolute atomic E-state index is 0.576. The van der Waals surface area contributed by atoms with Gasteiger partial charge in [-0.15, -0.1) is 0 Å². The Balaban J connectivity index is 1.89. The van der Waals surface area contributed by atoms with Gasteiger partial charge in [-0.2, -0.15) is 0 Å². The summed E-state index contributed by atoms with van der Waals surface area (Å²) in [7, 11) is 0. The zero-order valence-electron chi connectivity index (χ0n) is 11.1. The van der Waals surface area contributed by atoms with Gasteiger partial charge in [-0.05, 0) is 47.7 Å². The number of rotatable bonds is 5. The molecular formula is C16H20N2. The highest BCUT2D eigenvalue weighted by Gasteiger charge is 1.99. The molecule has 18 heavy (non-hydrogen) atoms. The van der Waals surface area contributed by atoms with E-state index in [4.69, 9.17) is 0 Å². The van der Waals surface area contributed by atoms with Gasteiger partial charge in [-0.1, -0.05) is 26.0 Å². The Kier molecular flexibility index (Phi) is 4.35. The lowest BCUT2D eigenvalue weighted by Crippen LogP contribution is -2.05. The normalized spacial score (nSPS) is 10.6. The van der Waals surface area contributed by atoms with Crippen molar-refractivity contribution in [2.24, 2.45) is 0 Å². The lowest BCUT2D eigenvalue weighted by molar-refractivity contribution is 0.866. The predicted molar refractivity (Wildman–Crippen MR) is 77.0 cm³/mol. The van der Waals surface area contributed by atoms with Crippen molar-refractivity contribution < 1.29 is 0 Å². The molecule has 2 rings (SSSR count). The molecule has 94 valence electrons. The van der Waals surface area contributed by atoms with Crippen LogP contribution < -0.4 is 5.32 Å². The zero-order chi connectivity index (χ0) is 12.8. The molecule has 0 aliphatic carbocycles. The Morgan fingerprint density at radius 3 is 2.61 bits per heavy atom. The van der Waals surface area contributed by atoms with Crippen LogP contribution in [0.1, 0.15) is 30.9 Å². The van der Waals surface area contributed by atoms with Gasteiger partial charge < -0.3 is 5.32 Å². The summed E-state index contributed by atoms with van der Waals surface area (Å²) in [4.78, 5) is 4.02. The van der Waals surface area contributed by atoms with Crippen LogP contribution >= 0.6 is 0 Å². The van der Waals surface area contributed by atoms with Crippen molar-refractivity contribution in [3.8, 4) is 0 Å². The number of nitrogens with zero attached hydrogens (tertiary/aromatic N) is 1. The van der Waals surface area contributed by atoms with Crippen molar-refractivity contribution in [2.45, 2.75) is 26.2 Å². The van der Waals surface area contributed by atoms with E-state index in [-0.39, 0.29) is 0 Å². The first-order valence-electron chi connectivity index (χ1n) is 6.48. The van der Waals surface area contributed by atoms with Crippen LogP contribution in [0.3, 0.4) is 0 Å². The Morgan fingerprint density at radius 2 is 1.89 bits per heavy atom. The fourth-order valence-electron chi connectivity index (χ4n) is 1.91. The number of benzene rings is 1. The number of hydrogen-bond donors (Lipinski definition) is 1. The van der Waals surface area contributed by atoms with Gasteiger partial charge >= 0.3 is 0 Å². The lowest BCUT2D eigenvalue weighted by Gasteiger charge is -2.10. The summed E-state index contributed by atoms with van der Waals surface area (Å²) in [6, 6.07) is 12.8. The summed E-state index contributed by atoms with van der Waals surface area (Å²) in [5.41, 5.74) is 3.90. The second kappa shape index (κ2) is 6.20. The van der Waals surface area contributed by atoms with Crippen LogP contribution in [0.5, 0.6) is 0 Å². The first kappa shape index (κ1) is 12.6. The molecule has 2 heteroatoms. The molecule has 1 heterocycles. The fourth-order valence-corrected chi connectivity index (χ4v) is 1.91. The third-order valence-corrected chi connectivity index (χ3v) is 3.05. The van der Waals surface area contributed by atoms with Gasteiger partial charge in [0.25, 0.3) is 0 Å². The van der Waals surface area contributed by atoms with Gasteiger partial charge in [0.2, 0.25) is 0 Å². The number of pyridine rings is 1. The van der Waals surface area contributed by atoms with Crippen molar-refractivity contribution in [2.75, 3.05) is 11.9 Å². The molecule has 0 atom stereocenters. The molecule has 1 N–H and O–H groups in total. The largest absolute Gasteiger partial charge is 0.385 e. The van der Waals surface area contributed by atoms with Crippen molar-refractivity contribution in [1.82, 2.24) is 4.98 Å². The third kappa shape index (κ3) is 3.59. The fraction of sp³-hybridized carbons (Fsp3) is 0.312. The molecule has 0 fully saturated rings. The number of hydrogen-bond acceptors (Lipinski definition) is 2. The second-order valence-corrected chi connectivity index (χ2v) is 4.81. The molecule has 0 radical (unpaired) electrons. The van der Waals surface area contributed by atoms with E-state index in [1.807, 2.05) is 12.4 Å². The molecule has 0 aliphatic rings. The van der Waals surface area contributed by atoms with Crippen LogP contribution in [0.2, 0.25) is 0 Å². The van der Waals surface area contributed by atoms with E-state index >= 15 is 0 Å². The number of aromatic nitrogens is 1. The maximum Gasteiger partial charge on any atom is 0.0343 e. The minimum Gasteiger partial charge on any atom is -0.385 e. The molecule has 0 bridgehead atoms. The number of anilines is 1. The molecule has 0 spiro atoms. The zero-order valence-corrected chi connectivity index (χ0v) is 11.1. The average Bonchev–Trinajstić information content (AvgIpc) is 2.40. The van der Waals surface area contributed by atoms with Crippen molar-refractivity contribution in [3.05, 3.63) is 59.9 Å². The standard InChI is InChI=1S/C16H20N2/c1-13(2)15-4-3-5-16(12-15)18-11-8-14-6-9-17-10-7-14/h3-7,9-10,12-13,18H,8,11H2,1-2H3. The average molecular weight is 240 g/mol. The molecule has 1 aromatic carbocycles. The predicted octanol–water partition coefficient (Wildman–Crippen LogP) is 3.86. The second-order valence-electron chi connectivity index (χ2n) is 4.81. The molecule has 0 saturated carbocycles. The molecular weight excluding hydrogens is 220 g/mol. The Hall–Kier alpha value is -1.83. The Bertz CT molecular complexity index is 477. The van der Waals surface area contributed by atoms with Gasteiger partial charge in [0, 0.05) is 24.6 Å². The van der Waals surface area contributed by atoms with Crippen molar-refractivity contribution >= 4 is 5.69 Å². The van der Waals surface area contributed by atoms with Crippen molar-refractivity contribution in [1.29, 1.82) is 0 Å². The van der Waals surface area contributed by atoms with Crippen LogP contribution in [-0.4, -0.2) is 11.5 Å². The summed E-state index contributed by atoms with van der Waals surface area (Å²) < 4.78 is 0. The topological polar surface area (TPSA) is 24.9 Å². The highest BCUT2D eigenvalue weighted by Crippen LogP contribution is 2.18. The Labute approximate surface area is 109 Å². The quantitative estimate of drug-likeness (QED) is 0.858. The van der Waals surface area contributed by atoms with Crippen LogP contribution in [0.25, 0.3) is 0 Å². The summed E-state index contributed by atoms with van der Waals surface area (Å²) in [6.45, 7) is 5.39. The van der Waals surface area contributed by atoms with E-state index in [2.05, 4.69) is 60.5 Å². The maximum atomic E-state index is 4.02. The van der Waals surface area contributed by atoms with Crippen LogP contribution in [0, 0.1) is 0 Å². The summed E-state index contributed by atoms with van der Waals surface area (Å²) in [5, 5.41) is 3.47. The Morgan fingerprint density at radius 1 is 1.11 bits per heavy atom. The summed E-state index contributed by atoms with van der Waals surface area (Å²) in [5.74, 6) is 0.576. The lowest BCUT2D eigenvalue weighted by atomic mass is 10.0. The van der Waals surface area contributed by atoms with E-state index in [1.54, 1.807) is 0 Å². The van der Waals surface area contributed by atoms with Crippen LogP contribution in [-0.2, 0) is 6.42 Å². The van der Waals surface area contributed by atoms with Gasteiger partial charge in [0.15, 0.2) is 0 Å². The van der Waals surface area contributed by atoms with E-state index in [0.29, 0.717) is 5.92 Å². The van der Waals surface area contributed by atoms with Crippen LogP contribution in [0.4, 0.5) is 5.69 Å². The highest BCUT2D eigenvalue weighted by molar-refractivity contribution is 5.46. The van der Waals surface area contributed by atoms with Gasteiger partial charge in [0.05, 0.1) is 0 Å². The molecule has 0 aliphatic heterocycles. The third-order valence-electron chi connectivity index (χ3n) is 3.05. The molecule has 0 amide bonds. The van der Waals surface area contributed by atoms with E-state index < -0.39 is 0 Å². The number of nitrogens with one attached hydrogen (secondary N) is 1.